The Kier molecular flexibility index (Phi) is 4.43. The van der Waals surface area contributed by atoms with E-state index >= 15 is 0 Å². The number of aryl methyl sites for hydroxylation is 1. The van der Waals surface area contributed by atoms with Crippen LogP contribution in [-0.2, 0) is 6.54 Å². The van der Waals surface area contributed by atoms with Crippen LogP contribution >= 0.6 is 0 Å². The van der Waals surface area contributed by atoms with Gasteiger partial charge in [0.2, 0.25) is 0 Å². The van der Waals surface area contributed by atoms with Crippen molar-refractivity contribution in [2.75, 3.05) is 18.0 Å². The van der Waals surface area contributed by atoms with Crippen molar-refractivity contribution < 1.29 is 0 Å². The molecule has 1 heterocycles. The van der Waals surface area contributed by atoms with E-state index in [4.69, 9.17) is 5.73 Å². The molecule has 0 saturated carbocycles. The zero-order chi connectivity index (χ0) is 12.1. The number of rotatable bonds is 2. The molecule has 0 aromatic heterocycles. The number of nitrogens with zero attached hydrogens (tertiary/aromatic N) is 1. The highest BCUT2D eigenvalue weighted by molar-refractivity contribution is 5.54. The Morgan fingerprint density at radius 3 is 2.29 bits per heavy atom. The monoisotopic (exact) mass is 232 g/mol. The van der Waals surface area contributed by atoms with Crippen molar-refractivity contribution in [3.05, 3.63) is 29.3 Å². The summed E-state index contributed by atoms with van der Waals surface area (Å²) in [6, 6.07) is 6.65. The van der Waals surface area contributed by atoms with Crippen molar-refractivity contribution >= 4 is 5.69 Å². The summed E-state index contributed by atoms with van der Waals surface area (Å²) >= 11 is 0. The lowest BCUT2D eigenvalue weighted by Crippen LogP contribution is -2.27. The Balaban J connectivity index is 2.13. The van der Waals surface area contributed by atoms with E-state index in [1.807, 2.05) is 0 Å². The highest BCUT2D eigenvalue weighted by Crippen LogP contribution is 2.24. The molecule has 0 spiro atoms. The molecule has 0 amide bonds. The highest BCUT2D eigenvalue weighted by Gasteiger charge is 2.11. The van der Waals surface area contributed by atoms with Gasteiger partial charge in [-0.3, -0.25) is 0 Å². The minimum Gasteiger partial charge on any atom is -0.371 e. The first kappa shape index (κ1) is 12.4. The average Bonchev–Trinajstić information content (AvgIpc) is 2.29. The van der Waals surface area contributed by atoms with Crippen molar-refractivity contribution in [2.24, 2.45) is 5.73 Å². The SMILES string of the molecule is Cc1cc(CN)ccc1N1CCCCCCC1. The van der Waals surface area contributed by atoms with Gasteiger partial charge in [0.25, 0.3) is 0 Å². The van der Waals surface area contributed by atoms with Crippen LogP contribution in [0.15, 0.2) is 18.2 Å². The molecule has 1 aromatic carbocycles. The molecular formula is C15H24N2. The van der Waals surface area contributed by atoms with Gasteiger partial charge >= 0.3 is 0 Å². The van der Waals surface area contributed by atoms with E-state index < -0.39 is 0 Å². The minimum atomic E-state index is 0.640. The fraction of sp³-hybridized carbons (Fsp3) is 0.600. The maximum Gasteiger partial charge on any atom is 0.0396 e. The summed E-state index contributed by atoms with van der Waals surface area (Å²) in [5.41, 5.74) is 9.69. The van der Waals surface area contributed by atoms with Crippen molar-refractivity contribution in [2.45, 2.75) is 45.6 Å². The Morgan fingerprint density at radius 2 is 1.71 bits per heavy atom. The van der Waals surface area contributed by atoms with Gasteiger partial charge in [-0.1, -0.05) is 31.4 Å². The maximum atomic E-state index is 5.68. The second kappa shape index (κ2) is 6.06. The van der Waals surface area contributed by atoms with Crippen LogP contribution in [0.2, 0.25) is 0 Å². The van der Waals surface area contributed by atoms with Crippen molar-refractivity contribution in [1.82, 2.24) is 0 Å². The number of hydrogen-bond donors (Lipinski definition) is 1. The first-order valence-electron chi connectivity index (χ1n) is 6.86. The van der Waals surface area contributed by atoms with Gasteiger partial charge in [-0.2, -0.15) is 0 Å². The smallest absolute Gasteiger partial charge is 0.0396 e. The van der Waals surface area contributed by atoms with E-state index in [0.717, 1.165) is 0 Å². The van der Waals surface area contributed by atoms with Gasteiger partial charge < -0.3 is 10.6 Å². The van der Waals surface area contributed by atoms with Gasteiger partial charge in [0.1, 0.15) is 0 Å². The van der Waals surface area contributed by atoms with E-state index in [1.54, 1.807) is 0 Å². The molecule has 2 rings (SSSR count). The van der Waals surface area contributed by atoms with Gasteiger partial charge in [-0.15, -0.1) is 0 Å². The predicted octanol–water partition coefficient (Wildman–Crippen LogP) is 3.22. The van der Waals surface area contributed by atoms with Gasteiger partial charge in [0.15, 0.2) is 0 Å². The molecule has 1 aliphatic heterocycles. The molecule has 2 nitrogen and oxygen atoms in total. The van der Waals surface area contributed by atoms with E-state index in [2.05, 4.69) is 30.0 Å². The third-order valence-corrected chi connectivity index (χ3v) is 3.69. The fourth-order valence-electron chi connectivity index (χ4n) is 2.69. The molecule has 0 aliphatic carbocycles. The minimum absolute atomic E-state index is 0.640. The fourth-order valence-corrected chi connectivity index (χ4v) is 2.69. The lowest BCUT2D eigenvalue weighted by Gasteiger charge is -2.28. The molecule has 94 valence electrons. The molecule has 0 radical (unpaired) electrons. The predicted molar refractivity (Wildman–Crippen MR) is 74.4 cm³/mol. The lowest BCUT2D eigenvalue weighted by molar-refractivity contribution is 0.556. The average molecular weight is 232 g/mol. The number of hydrogen-bond acceptors (Lipinski definition) is 2. The molecule has 0 bridgehead atoms. The van der Waals surface area contributed by atoms with E-state index in [0.29, 0.717) is 6.54 Å². The van der Waals surface area contributed by atoms with E-state index in [9.17, 15) is 0 Å². The Bertz CT molecular complexity index is 352. The van der Waals surface area contributed by atoms with Crippen LogP contribution in [0.3, 0.4) is 0 Å². The molecule has 2 N–H and O–H groups in total. The summed E-state index contributed by atoms with van der Waals surface area (Å²) in [5.74, 6) is 0. The third-order valence-electron chi connectivity index (χ3n) is 3.69. The van der Waals surface area contributed by atoms with Gasteiger partial charge in [-0.05, 0) is 37.0 Å². The van der Waals surface area contributed by atoms with Gasteiger partial charge in [-0.25, -0.2) is 0 Å². The molecule has 1 fully saturated rings. The summed E-state index contributed by atoms with van der Waals surface area (Å²) in [6.07, 6.45) is 6.85. The zero-order valence-electron chi connectivity index (χ0n) is 10.9. The Hall–Kier alpha value is -1.02. The van der Waals surface area contributed by atoms with Crippen molar-refractivity contribution in [1.29, 1.82) is 0 Å². The normalized spacial score (nSPS) is 17.6. The van der Waals surface area contributed by atoms with Crippen LogP contribution < -0.4 is 10.6 Å². The maximum absolute atomic E-state index is 5.68. The molecule has 1 aromatic rings. The van der Waals surface area contributed by atoms with E-state index in [-0.39, 0.29) is 0 Å². The molecule has 1 saturated heterocycles. The summed E-state index contributed by atoms with van der Waals surface area (Å²) in [7, 11) is 0. The molecule has 0 atom stereocenters. The summed E-state index contributed by atoms with van der Waals surface area (Å²) in [6.45, 7) is 5.26. The lowest BCUT2D eigenvalue weighted by atomic mass is 10.0. The number of nitrogens with two attached hydrogens (primary N) is 1. The molecule has 0 unspecified atom stereocenters. The topological polar surface area (TPSA) is 29.3 Å². The standard InChI is InChI=1S/C15H24N2/c1-13-11-14(12-16)7-8-15(13)17-9-5-3-2-4-6-10-17/h7-8,11H,2-6,9-10,12,16H2,1H3. The molecule has 2 heteroatoms. The summed E-state index contributed by atoms with van der Waals surface area (Å²) in [5, 5.41) is 0. The quantitative estimate of drug-likeness (QED) is 0.848. The summed E-state index contributed by atoms with van der Waals surface area (Å²) < 4.78 is 0. The van der Waals surface area contributed by atoms with Crippen molar-refractivity contribution in [3.63, 3.8) is 0 Å². The van der Waals surface area contributed by atoms with Crippen LogP contribution in [0.25, 0.3) is 0 Å². The third kappa shape index (κ3) is 3.22. The second-order valence-electron chi connectivity index (χ2n) is 5.08. The Labute approximate surface area is 105 Å². The highest BCUT2D eigenvalue weighted by atomic mass is 15.1. The number of anilines is 1. The summed E-state index contributed by atoms with van der Waals surface area (Å²) in [4.78, 5) is 2.55. The van der Waals surface area contributed by atoms with Crippen molar-refractivity contribution in [3.8, 4) is 0 Å². The Morgan fingerprint density at radius 1 is 1.06 bits per heavy atom. The van der Waals surface area contributed by atoms with Gasteiger partial charge in [0, 0.05) is 25.3 Å². The largest absolute Gasteiger partial charge is 0.371 e. The van der Waals surface area contributed by atoms with Crippen LogP contribution in [0.1, 0.15) is 43.2 Å². The molecular weight excluding hydrogens is 208 g/mol. The number of benzene rings is 1. The molecule has 17 heavy (non-hydrogen) atoms. The van der Waals surface area contributed by atoms with Crippen LogP contribution in [0.4, 0.5) is 5.69 Å². The first-order chi connectivity index (χ1) is 8.31. The first-order valence-corrected chi connectivity index (χ1v) is 6.86. The van der Waals surface area contributed by atoms with Crippen LogP contribution in [0, 0.1) is 6.92 Å². The van der Waals surface area contributed by atoms with Gasteiger partial charge in [0.05, 0.1) is 0 Å². The molecule has 1 aliphatic rings. The van der Waals surface area contributed by atoms with Crippen LogP contribution in [0.5, 0.6) is 0 Å². The van der Waals surface area contributed by atoms with E-state index in [1.165, 1.54) is 62.0 Å². The second-order valence-corrected chi connectivity index (χ2v) is 5.08. The zero-order valence-corrected chi connectivity index (χ0v) is 10.9. The van der Waals surface area contributed by atoms with Crippen LogP contribution in [-0.4, -0.2) is 13.1 Å².